The molecule has 0 aliphatic heterocycles. The molecule has 0 spiro atoms. The van der Waals surface area contributed by atoms with Crippen molar-refractivity contribution in [3.8, 4) is 10.6 Å². The molecule has 0 aliphatic carbocycles. The highest BCUT2D eigenvalue weighted by molar-refractivity contribution is 7.15. The third-order valence-electron chi connectivity index (χ3n) is 3.26. The van der Waals surface area contributed by atoms with Gasteiger partial charge in [-0.3, -0.25) is 0 Å². The van der Waals surface area contributed by atoms with Gasteiger partial charge in [-0.15, -0.1) is 11.3 Å². The largest absolute Gasteiger partial charge is 0.393 e. The zero-order chi connectivity index (χ0) is 14.4. The van der Waals surface area contributed by atoms with Crippen LogP contribution in [0, 0.1) is 5.92 Å². The minimum atomic E-state index is -0.219. The minimum absolute atomic E-state index is 0.219. The molecular weight excluding hydrogens is 268 g/mol. The first-order valence-electron chi connectivity index (χ1n) is 7.05. The van der Waals surface area contributed by atoms with Gasteiger partial charge >= 0.3 is 0 Å². The van der Waals surface area contributed by atoms with Crippen molar-refractivity contribution in [2.75, 3.05) is 6.54 Å². The second-order valence-electron chi connectivity index (χ2n) is 5.27. The van der Waals surface area contributed by atoms with Gasteiger partial charge < -0.3 is 10.4 Å². The van der Waals surface area contributed by atoms with Crippen LogP contribution in [0.2, 0.25) is 0 Å². The Bertz CT molecular complexity index is 510. The molecule has 1 atom stereocenters. The first kappa shape index (κ1) is 15.2. The van der Waals surface area contributed by atoms with E-state index in [0.29, 0.717) is 5.92 Å². The van der Waals surface area contributed by atoms with Gasteiger partial charge in [0.1, 0.15) is 5.01 Å². The summed E-state index contributed by atoms with van der Waals surface area (Å²) in [7, 11) is 0. The van der Waals surface area contributed by atoms with Crippen LogP contribution in [0.5, 0.6) is 0 Å². The van der Waals surface area contributed by atoms with E-state index in [2.05, 4.69) is 22.4 Å². The Morgan fingerprint density at radius 1 is 1.25 bits per heavy atom. The van der Waals surface area contributed by atoms with Gasteiger partial charge in [-0.25, -0.2) is 4.98 Å². The number of nitrogens with one attached hydrogen (secondary N) is 1. The van der Waals surface area contributed by atoms with Crippen molar-refractivity contribution in [2.45, 2.75) is 32.9 Å². The highest BCUT2D eigenvalue weighted by Gasteiger charge is 2.08. The lowest BCUT2D eigenvalue weighted by Crippen LogP contribution is -2.23. The smallest absolute Gasteiger partial charge is 0.123 e. The van der Waals surface area contributed by atoms with E-state index >= 15 is 0 Å². The van der Waals surface area contributed by atoms with Gasteiger partial charge in [0.05, 0.1) is 6.10 Å². The fraction of sp³-hybridized carbons (Fsp3) is 0.438. The predicted molar refractivity (Wildman–Crippen MR) is 84.7 cm³/mol. The lowest BCUT2D eigenvalue weighted by Gasteiger charge is -2.14. The minimum Gasteiger partial charge on any atom is -0.393 e. The van der Waals surface area contributed by atoms with Gasteiger partial charge in [0.2, 0.25) is 0 Å². The van der Waals surface area contributed by atoms with Crippen LogP contribution >= 0.6 is 11.3 Å². The number of rotatable bonds is 7. The second kappa shape index (κ2) is 7.53. The summed E-state index contributed by atoms with van der Waals surface area (Å²) in [6, 6.07) is 10.2. The Morgan fingerprint density at radius 3 is 2.70 bits per heavy atom. The van der Waals surface area contributed by atoms with Crippen molar-refractivity contribution >= 4 is 11.3 Å². The molecule has 0 fully saturated rings. The van der Waals surface area contributed by atoms with Crippen molar-refractivity contribution in [1.29, 1.82) is 0 Å². The summed E-state index contributed by atoms with van der Waals surface area (Å²) in [5.41, 5.74) is 1.17. The molecule has 1 aromatic heterocycles. The van der Waals surface area contributed by atoms with E-state index < -0.39 is 0 Å². The fourth-order valence-electron chi connectivity index (χ4n) is 1.90. The molecule has 108 valence electrons. The van der Waals surface area contributed by atoms with Gasteiger partial charge in [-0.2, -0.15) is 0 Å². The van der Waals surface area contributed by atoms with Gasteiger partial charge in [0.25, 0.3) is 0 Å². The standard InChI is InChI=1S/C16H22N2OS/c1-12(2)15(19)8-9-17-10-14-11-18-16(20-14)13-6-4-3-5-7-13/h3-7,11-12,15,17,19H,8-10H2,1-2H3. The molecule has 0 aliphatic rings. The zero-order valence-electron chi connectivity index (χ0n) is 12.0. The number of nitrogens with zero attached hydrogens (tertiary/aromatic N) is 1. The van der Waals surface area contributed by atoms with Crippen LogP contribution in [0.15, 0.2) is 36.5 Å². The Morgan fingerprint density at radius 2 is 2.00 bits per heavy atom. The number of aromatic nitrogens is 1. The molecule has 2 N–H and O–H groups in total. The molecular formula is C16H22N2OS. The summed E-state index contributed by atoms with van der Waals surface area (Å²) >= 11 is 1.72. The van der Waals surface area contributed by atoms with Crippen LogP contribution in [0.1, 0.15) is 25.1 Å². The third kappa shape index (κ3) is 4.40. The summed E-state index contributed by atoms with van der Waals surface area (Å²) in [6.45, 7) is 5.73. The van der Waals surface area contributed by atoms with E-state index in [1.165, 1.54) is 10.4 Å². The zero-order valence-corrected chi connectivity index (χ0v) is 12.9. The number of hydrogen-bond acceptors (Lipinski definition) is 4. The number of aliphatic hydroxyl groups is 1. The first-order chi connectivity index (χ1) is 9.66. The van der Waals surface area contributed by atoms with Crippen LogP contribution in [-0.2, 0) is 6.54 Å². The average Bonchev–Trinajstić information content (AvgIpc) is 2.93. The molecule has 0 saturated heterocycles. The molecule has 1 aromatic carbocycles. The average molecular weight is 290 g/mol. The predicted octanol–water partition coefficient (Wildman–Crippen LogP) is 3.31. The van der Waals surface area contributed by atoms with Crippen molar-refractivity contribution in [2.24, 2.45) is 5.92 Å². The maximum atomic E-state index is 9.73. The number of aliphatic hydroxyl groups excluding tert-OH is 1. The highest BCUT2D eigenvalue weighted by Crippen LogP contribution is 2.24. The van der Waals surface area contributed by atoms with E-state index in [4.69, 9.17) is 0 Å². The molecule has 3 nitrogen and oxygen atoms in total. The van der Waals surface area contributed by atoms with Crippen molar-refractivity contribution < 1.29 is 5.11 Å². The molecule has 0 saturated carbocycles. The van der Waals surface area contributed by atoms with E-state index in [1.54, 1.807) is 11.3 Å². The van der Waals surface area contributed by atoms with E-state index in [0.717, 1.165) is 24.5 Å². The van der Waals surface area contributed by atoms with Crippen LogP contribution in [0.25, 0.3) is 10.6 Å². The lowest BCUT2D eigenvalue weighted by molar-refractivity contribution is 0.116. The van der Waals surface area contributed by atoms with E-state index in [-0.39, 0.29) is 6.10 Å². The maximum absolute atomic E-state index is 9.73. The summed E-state index contributed by atoms with van der Waals surface area (Å²) < 4.78 is 0. The third-order valence-corrected chi connectivity index (χ3v) is 4.31. The molecule has 20 heavy (non-hydrogen) atoms. The van der Waals surface area contributed by atoms with Gasteiger partial charge in [0, 0.05) is 23.2 Å². The van der Waals surface area contributed by atoms with Gasteiger partial charge in [-0.05, 0) is 18.9 Å². The Hall–Kier alpha value is -1.23. The molecule has 0 bridgehead atoms. The SMILES string of the molecule is CC(C)C(O)CCNCc1cnc(-c2ccccc2)s1. The first-order valence-corrected chi connectivity index (χ1v) is 7.87. The molecule has 1 heterocycles. The number of benzene rings is 1. The van der Waals surface area contributed by atoms with Gasteiger partial charge in [-0.1, -0.05) is 44.2 Å². The van der Waals surface area contributed by atoms with Crippen molar-refractivity contribution in [1.82, 2.24) is 10.3 Å². The Labute approximate surface area is 124 Å². The summed E-state index contributed by atoms with van der Waals surface area (Å²) in [5, 5.41) is 14.1. The molecule has 2 aromatic rings. The van der Waals surface area contributed by atoms with Gasteiger partial charge in [0.15, 0.2) is 0 Å². The topological polar surface area (TPSA) is 45.1 Å². The summed E-state index contributed by atoms with van der Waals surface area (Å²) in [4.78, 5) is 5.68. The second-order valence-corrected chi connectivity index (χ2v) is 6.39. The molecule has 0 amide bonds. The lowest BCUT2D eigenvalue weighted by atomic mass is 10.0. The van der Waals surface area contributed by atoms with Crippen LogP contribution in [0.4, 0.5) is 0 Å². The highest BCUT2D eigenvalue weighted by atomic mass is 32.1. The Kier molecular flexibility index (Phi) is 5.71. The number of hydrogen-bond donors (Lipinski definition) is 2. The van der Waals surface area contributed by atoms with E-state index in [9.17, 15) is 5.11 Å². The number of thiazole rings is 1. The van der Waals surface area contributed by atoms with Crippen LogP contribution in [-0.4, -0.2) is 22.7 Å². The Balaban J connectivity index is 1.79. The molecule has 4 heteroatoms. The molecule has 0 radical (unpaired) electrons. The maximum Gasteiger partial charge on any atom is 0.123 e. The molecule has 1 unspecified atom stereocenters. The quantitative estimate of drug-likeness (QED) is 0.769. The summed E-state index contributed by atoms with van der Waals surface area (Å²) in [6.07, 6.45) is 2.50. The normalized spacial score (nSPS) is 12.8. The monoisotopic (exact) mass is 290 g/mol. The summed E-state index contributed by atoms with van der Waals surface area (Å²) in [5.74, 6) is 0.324. The van der Waals surface area contributed by atoms with Crippen molar-refractivity contribution in [3.63, 3.8) is 0 Å². The van der Waals surface area contributed by atoms with Crippen LogP contribution < -0.4 is 5.32 Å². The van der Waals surface area contributed by atoms with Crippen molar-refractivity contribution in [3.05, 3.63) is 41.4 Å². The van der Waals surface area contributed by atoms with Crippen LogP contribution in [0.3, 0.4) is 0 Å². The fourth-order valence-corrected chi connectivity index (χ4v) is 2.79. The molecule has 2 rings (SSSR count). The van der Waals surface area contributed by atoms with E-state index in [1.807, 2.05) is 38.2 Å².